The summed E-state index contributed by atoms with van der Waals surface area (Å²) in [5, 5.41) is 13.5. The molecule has 0 saturated heterocycles. The second kappa shape index (κ2) is 4.57. The molecule has 0 bridgehead atoms. The number of carbonyl (C=O) groups is 2. The zero-order valence-corrected chi connectivity index (χ0v) is 10.5. The van der Waals surface area contributed by atoms with E-state index in [0.717, 1.165) is 0 Å². The number of amides is 1. The van der Waals surface area contributed by atoms with Gasteiger partial charge in [-0.1, -0.05) is 32.9 Å². The number of nitrogens with one attached hydrogen (secondary N) is 1. The van der Waals surface area contributed by atoms with Gasteiger partial charge in [0.25, 0.3) is 0 Å². The van der Waals surface area contributed by atoms with Crippen molar-refractivity contribution in [2.45, 2.75) is 27.7 Å². The van der Waals surface area contributed by atoms with Gasteiger partial charge in [-0.2, -0.15) is 0 Å². The minimum Gasteiger partial charge on any atom is -0.545 e. The molecule has 0 heterocycles. The second-order valence-corrected chi connectivity index (χ2v) is 4.97. The van der Waals surface area contributed by atoms with Crippen LogP contribution in [0.15, 0.2) is 18.2 Å². The Morgan fingerprint density at radius 3 is 2.29 bits per heavy atom. The normalized spacial score (nSPS) is 11.1. The molecule has 17 heavy (non-hydrogen) atoms. The monoisotopic (exact) mass is 234 g/mol. The lowest BCUT2D eigenvalue weighted by Gasteiger charge is -2.19. The summed E-state index contributed by atoms with van der Waals surface area (Å²) in [6.07, 6.45) is 0. The molecule has 0 spiro atoms. The van der Waals surface area contributed by atoms with E-state index in [1.165, 1.54) is 6.07 Å². The molecule has 0 aliphatic heterocycles. The number of hydrogen-bond donors (Lipinski definition) is 1. The van der Waals surface area contributed by atoms with Crippen LogP contribution in [0.25, 0.3) is 0 Å². The fourth-order valence-corrected chi connectivity index (χ4v) is 1.30. The highest BCUT2D eigenvalue weighted by Crippen LogP contribution is 2.22. The van der Waals surface area contributed by atoms with Gasteiger partial charge in [0, 0.05) is 16.7 Å². The maximum atomic E-state index is 11.8. The lowest BCUT2D eigenvalue weighted by atomic mass is 9.95. The van der Waals surface area contributed by atoms with Crippen molar-refractivity contribution in [3.8, 4) is 0 Å². The molecule has 0 unspecified atom stereocenters. The average Bonchev–Trinajstić information content (AvgIpc) is 2.19. The minimum absolute atomic E-state index is 0.0942. The number of anilines is 1. The molecule has 0 fully saturated rings. The van der Waals surface area contributed by atoms with Crippen molar-refractivity contribution in [3.63, 3.8) is 0 Å². The quantitative estimate of drug-likeness (QED) is 0.839. The van der Waals surface area contributed by atoms with E-state index in [2.05, 4.69) is 5.32 Å². The molecule has 4 heteroatoms. The standard InChI is InChI=1S/C13H17NO3/c1-8-9(11(15)16)6-5-7-10(8)14-12(17)13(2,3)4/h5-7H,1-4H3,(H,14,17)(H,15,16)/p-1. The molecular formula is C13H16NO3-. The molecule has 0 aliphatic rings. The summed E-state index contributed by atoms with van der Waals surface area (Å²) in [6.45, 7) is 7.02. The van der Waals surface area contributed by atoms with Crippen LogP contribution in [0.1, 0.15) is 36.7 Å². The first-order valence-corrected chi connectivity index (χ1v) is 5.36. The average molecular weight is 234 g/mol. The number of hydrogen-bond acceptors (Lipinski definition) is 3. The first-order valence-electron chi connectivity index (χ1n) is 5.36. The Balaban J connectivity index is 3.05. The Labute approximate surface area is 101 Å². The van der Waals surface area contributed by atoms with Crippen LogP contribution >= 0.6 is 0 Å². The van der Waals surface area contributed by atoms with Gasteiger partial charge in [-0.05, 0) is 18.6 Å². The lowest BCUT2D eigenvalue weighted by molar-refractivity contribution is -0.255. The number of carboxylic acids is 1. The summed E-state index contributed by atoms with van der Waals surface area (Å²) in [5.74, 6) is -1.40. The number of rotatable bonds is 2. The maximum Gasteiger partial charge on any atom is 0.229 e. The highest BCUT2D eigenvalue weighted by atomic mass is 16.4. The van der Waals surface area contributed by atoms with Gasteiger partial charge in [-0.3, -0.25) is 4.79 Å². The minimum atomic E-state index is -1.24. The van der Waals surface area contributed by atoms with Gasteiger partial charge in [-0.15, -0.1) is 0 Å². The van der Waals surface area contributed by atoms with Crippen molar-refractivity contribution in [1.29, 1.82) is 0 Å². The van der Waals surface area contributed by atoms with Crippen LogP contribution in [0.2, 0.25) is 0 Å². The predicted molar refractivity (Wildman–Crippen MR) is 63.6 cm³/mol. The smallest absolute Gasteiger partial charge is 0.229 e. The molecule has 0 radical (unpaired) electrons. The molecule has 1 rings (SSSR count). The van der Waals surface area contributed by atoms with Crippen LogP contribution in [-0.2, 0) is 4.79 Å². The third-order valence-corrected chi connectivity index (χ3v) is 2.48. The molecule has 1 N–H and O–H groups in total. The Morgan fingerprint density at radius 2 is 1.82 bits per heavy atom. The Kier molecular flexibility index (Phi) is 3.56. The summed E-state index contributed by atoms with van der Waals surface area (Å²) < 4.78 is 0. The van der Waals surface area contributed by atoms with Crippen molar-refractivity contribution in [1.82, 2.24) is 0 Å². The molecule has 1 aromatic carbocycles. The number of carboxylic acid groups (broad SMARTS) is 1. The second-order valence-electron chi connectivity index (χ2n) is 4.97. The zero-order valence-electron chi connectivity index (χ0n) is 10.5. The van der Waals surface area contributed by atoms with E-state index in [1.54, 1.807) is 39.8 Å². The molecule has 4 nitrogen and oxygen atoms in total. The van der Waals surface area contributed by atoms with Gasteiger partial charge in [0.15, 0.2) is 0 Å². The van der Waals surface area contributed by atoms with Crippen molar-refractivity contribution in [3.05, 3.63) is 29.3 Å². The number of benzene rings is 1. The van der Waals surface area contributed by atoms with E-state index in [9.17, 15) is 14.7 Å². The van der Waals surface area contributed by atoms with Crippen LogP contribution in [-0.4, -0.2) is 11.9 Å². The lowest BCUT2D eigenvalue weighted by Crippen LogP contribution is -2.29. The fraction of sp³-hybridized carbons (Fsp3) is 0.385. The molecule has 0 aromatic heterocycles. The molecule has 0 saturated carbocycles. The summed E-state index contributed by atoms with van der Waals surface area (Å²) in [6, 6.07) is 4.71. The molecule has 0 atom stereocenters. The van der Waals surface area contributed by atoms with Crippen LogP contribution in [0.3, 0.4) is 0 Å². The van der Waals surface area contributed by atoms with Crippen LogP contribution in [0.5, 0.6) is 0 Å². The molecule has 1 aromatic rings. The SMILES string of the molecule is Cc1c(NC(=O)C(C)(C)C)cccc1C(=O)[O-]. The van der Waals surface area contributed by atoms with E-state index in [-0.39, 0.29) is 11.5 Å². The van der Waals surface area contributed by atoms with Crippen LogP contribution < -0.4 is 10.4 Å². The number of aromatic carboxylic acids is 1. The van der Waals surface area contributed by atoms with E-state index in [4.69, 9.17) is 0 Å². The molecule has 92 valence electrons. The van der Waals surface area contributed by atoms with E-state index in [0.29, 0.717) is 11.3 Å². The predicted octanol–water partition coefficient (Wildman–Crippen LogP) is 1.34. The Morgan fingerprint density at radius 1 is 1.24 bits per heavy atom. The van der Waals surface area contributed by atoms with Gasteiger partial charge < -0.3 is 15.2 Å². The van der Waals surface area contributed by atoms with Crippen molar-refractivity contribution < 1.29 is 14.7 Å². The van der Waals surface area contributed by atoms with Crippen molar-refractivity contribution in [2.75, 3.05) is 5.32 Å². The Bertz CT molecular complexity index is 458. The maximum absolute atomic E-state index is 11.8. The summed E-state index contributed by atoms with van der Waals surface area (Å²) in [4.78, 5) is 22.6. The van der Waals surface area contributed by atoms with Gasteiger partial charge in [0.1, 0.15) is 0 Å². The van der Waals surface area contributed by atoms with Crippen molar-refractivity contribution >= 4 is 17.6 Å². The van der Waals surface area contributed by atoms with Gasteiger partial charge in [-0.25, -0.2) is 0 Å². The topological polar surface area (TPSA) is 69.2 Å². The highest BCUT2D eigenvalue weighted by Gasteiger charge is 2.21. The van der Waals surface area contributed by atoms with E-state index >= 15 is 0 Å². The third-order valence-electron chi connectivity index (χ3n) is 2.48. The van der Waals surface area contributed by atoms with Gasteiger partial charge >= 0.3 is 0 Å². The summed E-state index contributed by atoms with van der Waals surface area (Å²) >= 11 is 0. The van der Waals surface area contributed by atoms with E-state index < -0.39 is 11.4 Å². The van der Waals surface area contributed by atoms with Gasteiger partial charge in [0.2, 0.25) is 5.91 Å². The van der Waals surface area contributed by atoms with E-state index in [1.807, 2.05) is 0 Å². The van der Waals surface area contributed by atoms with Crippen LogP contribution in [0.4, 0.5) is 5.69 Å². The van der Waals surface area contributed by atoms with Crippen molar-refractivity contribution in [2.24, 2.45) is 5.41 Å². The highest BCUT2D eigenvalue weighted by molar-refractivity contribution is 5.97. The first-order chi connectivity index (χ1) is 7.73. The first kappa shape index (κ1) is 13.2. The fourth-order valence-electron chi connectivity index (χ4n) is 1.30. The summed E-state index contributed by atoms with van der Waals surface area (Å²) in [5.41, 5.74) is 0.581. The molecule has 0 aliphatic carbocycles. The van der Waals surface area contributed by atoms with Crippen LogP contribution in [0, 0.1) is 12.3 Å². The summed E-state index contributed by atoms with van der Waals surface area (Å²) in [7, 11) is 0. The molecule has 1 amide bonds. The Hall–Kier alpha value is -1.84. The van der Waals surface area contributed by atoms with Gasteiger partial charge in [0.05, 0.1) is 5.97 Å². The number of carbonyl (C=O) groups excluding carboxylic acids is 2. The molecular weight excluding hydrogens is 218 g/mol. The third kappa shape index (κ3) is 3.06. The zero-order chi connectivity index (χ0) is 13.2. The largest absolute Gasteiger partial charge is 0.545 e.